The molecule has 0 unspecified atom stereocenters. The lowest BCUT2D eigenvalue weighted by Crippen LogP contribution is -2.20. The molecule has 0 spiro atoms. The van der Waals surface area contributed by atoms with Crippen molar-refractivity contribution in [3.05, 3.63) is 46.5 Å². The molecular weight excluding hydrogens is 388 g/mol. The number of ether oxygens (including phenoxy) is 2. The van der Waals surface area contributed by atoms with E-state index in [1.54, 1.807) is 13.8 Å². The molecule has 9 nitrogen and oxygen atoms in total. The van der Waals surface area contributed by atoms with Gasteiger partial charge in [0.25, 0.3) is 15.9 Å². The van der Waals surface area contributed by atoms with E-state index < -0.39 is 21.9 Å². The molecule has 28 heavy (non-hydrogen) atoms. The van der Waals surface area contributed by atoms with Crippen LogP contribution in [0.25, 0.3) is 0 Å². The van der Waals surface area contributed by atoms with Crippen LogP contribution in [0.1, 0.15) is 31.8 Å². The number of anilines is 1. The van der Waals surface area contributed by atoms with E-state index in [1.807, 2.05) is 0 Å². The van der Waals surface area contributed by atoms with E-state index in [2.05, 4.69) is 4.72 Å². The number of hydrogen-bond acceptors (Lipinski definition) is 6. The van der Waals surface area contributed by atoms with Crippen molar-refractivity contribution in [3.8, 4) is 11.5 Å². The highest BCUT2D eigenvalue weighted by molar-refractivity contribution is 7.92. The average Bonchev–Trinajstić information content (AvgIpc) is 2.62. The highest BCUT2D eigenvalue weighted by Crippen LogP contribution is 2.34. The Labute approximate surface area is 162 Å². The van der Waals surface area contributed by atoms with Crippen LogP contribution < -0.4 is 19.9 Å². The quantitative estimate of drug-likeness (QED) is 0.634. The largest absolute Gasteiger partial charge is 0.493 e. The van der Waals surface area contributed by atoms with Crippen LogP contribution in [0.15, 0.2) is 29.2 Å². The van der Waals surface area contributed by atoms with Gasteiger partial charge in [-0.3, -0.25) is 9.52 Å². The zero-order chi connectivity index (χ0) is 21.2. The maximum Gasteiger partial charge on any atom is 0.335 e. The Hall–Kier alpha value is -3.27. The lowest BCUT2D eigenvalue weighted by atomic mass is 10.1. The van der Waals surface area contributed by atoms with E-state index in [0.717, 1.165) is 6.07 Å². The van der Waals surface area contributed by atoms with Gasteiger partial charge in [0.2, 0.25) is 0 Å². The van der Waals surface area contributed by atoms with Crippen molar-refractivity contribution >= 4 is 27.6 Å². The van der Waals surface area contributed by atoms with Crippen molar-refractivity contribution in [1.82, 2.24) is 0 Å². The predicted molar refractivity (Wildman–Crippen MR) is 102 cm³/mol. The summed E-state index contributed by atoms with van der Waals surface area (Å²) in [6, 6.07) is 4.95. The van der Waals surface area contributed by atoms with Gasteiger partial charge in [-0.15, -0.1) is 0 Å². The smallest absolute Gasteiger partial charge is 0.335 e. The molecule has 0 aromatic heterocycles. The Bertz CT molecular complexity index is 1060. The Morgan fingerprint density at radius 2 is 1.61 bits per heavy atom. The summed E-state index contributed by atoms with van der Waals surface area (Å²) in [5.74, 6) is -1.77. The molecule has 0 saturated heterocycles. The fourth-order valence-electron chi connectivity index (χ4n) is 2.60. The van der Waals surface area contributed by atoms with Gasteiger partial charge >= 0.3 is 5.97 Å². The molecule has 1 amide bonds. The van der Waals surface area contributed by atoms with Crippen LogP contribution in [0.2, 0.25) is 0 Å². The Kier molecular flexibility index (Phi) is 5.84. The maximum absolute atomic E-state index is 13.0. The summed E-state index contributed by atoms with van der Waals surface area (Å²) in [7, 11) is -1.53. The number of methoxy groups -OCH3 is 2. The van der Waals surface area contributed by atoms with Crippen LogP contribution in [0.5, 0.6) is 11.5 Å². The summed E-state index contributed by atoms with van der Waals surface area (Å²) in [4.78, 5) is 22.9. The van der Waals surface area contributed by atoms with Gasteiger partial charge in [-0.1, -0.05) is 0 Å². The molecule has 4 N–H and O–H groups in total. The number of benzene rings is 2. The number of aryl methyl sites for hydroxylation is 1. The third-order valence-corrected chi connectivity index (χ3v) is 5.68. The van der Waals surface area contributed by atoms with Gasteiger partial charge in [0.15, 0.2) is 11.5 Å². The molecule has 150 valence electrons. The molecule has 2 rings (SSSR count). The van der Waals surface area contributed by atoms with E-state index >= 15 is 0 Å². The van der Waals surface area contributed by atoms with Gasteiger partial charge in [0, 0.05) is 6.07 Å². The number of primary amides is 1. The van der Waals surface area contributed by atoms with Crippen LogP contribution in [0, 0.1) is 13.8 Å². The number of hydrogen-bond donors (Lipinski definition) is 3. The van der Waals surface area contributed by atoms with Gasteiger partial charge in [0.1, 0.15) is 0 Å². The zero-order valence-electron chi connectivity index (χ0n) is 15.7. The number of nitrogens with two attached hydrogens (primary N) is 1. The van der Waals surface area contributed by atoms with Crippen LogP contribution >= 0.6 is 0 Å². The van der Waals surface area contributed by atoms with Gasteiger partial charge in [-0.2, -0.15) is 0 Å². The molecular formula is C18H20N2O7S. The fraction of sp³-hybridized carbons (Fsp3) is 0.222. The summed E-state index contributed by atoms with van der Waals surface area (Å²) in [5, 5.41) is 9.22. The number of rotatable bonds is 7. The number of carboxylic acids is 1. The minimum atomic E-state index is -4.24. The zero-order valence-corrected chi connectivity index (χ0v) is 16.5. The Morgan fingerprint density at radius 3 is 2.11 bits per heavy atom. The molecule has 0 atom stereocenters. The second-order valence-electron chi connectivity index (χ2n) is 5.94. The van der Waals surface area contributed by atoms with Crippen molar-refractivity contribution in [2.45, 2.75) is 18.7 Å². The third kappa shape index (κ3) is 4.01. The van der Waals surface area contributed by atoms with Crippen LogP contribution in [0.3, 0.4) is 0 Å². The number of carbonyl (C=O) groups is 2. The molecule has 10 heteroatoms. The number of amides is 1. The SMILES string of the molecule is COc1cc(NS(=O)(=O)c2cc(C(=O)O)cc(C)c2C)c(C(N)=O)cc1OC. The van der Waals surface area contributed by atoms with Gasteiger partial charge in [-0.25, -0.2) is 13.2 Å². The summed E-state index contributed by atoms with van der Waals surface area (Å²) in [6.07, 6.45) is 0. The summed E-state index contributed by atoms with van der Waals surface area (Å²) in [5.41, 5.74) is 5.79. The fourth-order valence-corrected chi connectivity index (χ4v) is 4.01. The molecule has 0 saturated carbocycles. The Balaban J connectivity index is 2.65. The van der Waals surface area contributed by atoms with Crippen LogP contribution in [-0.2, 0) is 10.0 Å². The second kappa shape index (κ2) is 7.77. The summed E-state index contributed by atoms with van der Waals surface area (Å²) >= 11 is 0. The molecule has 0 aliphatic heterocycles. The number of carboxylic acid groups (broad SMARTS) is 1. The predicted octanol–water partition coefficient (Wildman–Crippen LogP) is 1.92. The summed E-state index contributed by atoms with van der Waals surface area (Å²) in [6.45, 7) is 3.16. The van der Waals surface area contributed by atoms with Crippen molar-refractivity contribution < 1.29 is 32.6 Å². The highest BCUT2D eigenvalue weighted by Gasteiger charge is 2.24. The molecule has 2 aromatic rings. The van der Waals surface area contributed by atoms with E-state index in [4.69, 9.17) is 15.2 Å². The van der Waals surface area contributed by atoms with Crippen molar-refractivity contribution in [3.63, 3.8) is 0 Å². The number of sulfonamides is 1. The van der Waals surface area contributed by atoms with Crippen LogP contribution in [-0.4, -0.2) is 39.6 Å². The Morgan fingerprint density at radius 1 is 1.04 bits per heavy atom. The molecule has 0 aliphatic rings. The van der Waals surface area contributed by atoms with E-state index in [-0.39, 0.29) is 33.2 Å². The molecule has 0 heterocycles. The van der Waals surface area contributed by atoms with Gasteiger partial charge in [-0.05, 0) is 43.2 Å². The summed E-state index contributed by atoms with van der Waals surface area (Å²) < 4.78 is 38.4. The van der Waals surface area contributed by atoms with E-state index in [1.165, 1.54) is 32.4 Å². The van der Waals surface area contributed by atoms with E-state index in [0.29, 0.717) is 11.1 Å². The molecule has 0 aliphatic carbocycles. The monoisotopic (exact) mass is 408 g/mol. The van der Waals surface area contributed by atoms with Crippen molar-refractivity contribution in [2.75, 3.05) is 18.9 Å². The number of nitrogens with one attached hydrogen (secondary N) is 1. The molecule has 2 aromatic carbocycles. The highest BCUT2D eigenvalue weighted by atomic mass is 32.2. The lowest BCUT2D eigenvalue weighted by Gasteiger charge is -2.17. The maximum atomic E-state index is 13.0. The third-order valence-electron chi connectivity index (χ3n) is 4.19. The van der Waals surface area contributed by atoms with Crippen LogP contribution in [0.4, 0.5) is 5.69 Å². The average molecular weight is 408 g/mol. The standard InChI is InChI=1S/C18H20N2O7S/c1-9-5-11(18(22)23)6-16(10(9)2)28(24,25)20-13-8-15(27-4)14(26-3)7-12(13)17(19)21/h5-8,20H,1-4H3,(H2,19,21)(H,22,23). The lowest BCUT2D eigenvalue weighted by molar-refractivity contribution is 0.0696. The van der Waals surface area contributed by atoms with E-state index in [9.17, 15) is 23.1 Å². The van der Waals surface area contributed by atoms with Crippen molar-refractivity contribution in [2.24, 2.45) is 5.73 Å². The first-order chi connectivity index (χ1) is 13.0. The first kappa shape index (κ1) is 21.0. The van der Waals surface area contributed by atoms with Crippen molar-refractivity contribution in [1.29, 1.82) is 0 Å². The molecule has 0 radical (unpaired) electrons. The normalized spacial score (nSPS) is 11.0. The number of aromatic carboxylic acids is 1. The van der Waals surface area contributed by atoms with Gasteiger partial charge in [0.05, 0.1) is 35.9 Å². The topological polar surface area (TPSA) is 145 Å². The first-order valence-electron chi connectivity index (χ1n) is 7.95. The second-order valence-corrected chi connectivity index (χ2v) is 7.59. The molecule has 0 bridgehead atoms. The molecule has 0 fully saturated rings. The minimum absolute atomic E-state index is 0.122. The first-order valence-corrected chi connectivity index (χ1v) is 9.43. The van der Waals surface area contributed by atoms with Gasteiger partial charge < -0.3 is 20.3 Å². The number of carbonyl (C=O) groups excluding carboxylic acids is 1. The minimum Gasteiger partial charge on any atom is -0.493 e.